The molecule has 68 valence electrons. The zero-order valence-corrected chi connectivity index (χ0v) is 6.68. The summed E-state index contributed by atoms with van der Waals surface area (Å²) in [5, 5.41) is 2.70. The van der Waals surface area contributed by atoms with Crippen LogP contribution in [0.3, 0.4) is 0 Å². The second-order valence-corrected chi connectivity index (χ2v) is 2.60. The largest absolute Gasteiger partial charge is 0.523 e. The highest BCUT2D eigenvalue weighted by molar-refractivity contribution is 5.85. The monoisotopic (exact) mass is 191 g/mol. The maximum atomic E-state index is 11.5. The Labute approximate surface area is 68.5 Å². The van der Waals surface area contributed by atoms with Crippen LogP contribution in [0, 0.1) is 0 Å². The van der Waals surface area contributed by atoms with Gasteiger partial charge in [0.15, 0.2) is 0 Å². The normalized spacial score (nSPS) is 21.8. The fourth-order valence-corrected chi connectivity index (χ4v) is 0.829. The Morgan fingerprint density at radius 1 is 1.36 bits per heavy atom. The summed E-state index contributed by atoms with van der Waals surface area (Å²) in [5.74, 6) is 0. The van der Waals surface area contributed by atoms with E-state index in [1.807, 2.05) is 0 Å². The Morgan fingerprint density at radius 3 is 1.91 bits per heavy atom. The van der Waals surface area contributed by atoms with Crippen molar-refractivity contribution in [2.24, 2.45) is 0 Å². The molecule has 1 aliphatic rings. The fraction of sp³-hybridized carbons (Fsp3) is 1.00. The summed E-state index contributed by atoms with van der Waals surface area (Å²) in [5.41, 5.74) is -1.03. The second-order valence-electron chi connectivity index (χ2n) is 2.60. The van der Waals surface area contributed by atoms with E-state index in [9.17, 15) is 13.2 Å². The second kappa shape index (κ2) is 3.16. The van der Waals surface area contributed by atoms with Crippen LogP contribution in [0.5, 0.6) is 0 Å². The van der Waals surface area contributed by atoms with E-state index in [4.69, 9.17) is 0 Å². The van der Waals surface area contributed by atoms with Gasteiger partial charge in [0.1, 0.15) is 0 Å². The van der Waals surface area contributed by atoms with Crippen LogP contribution < -0.4 is 5.32 Å². The topological polar surface area (TPSA) is 21.3 Å². The molecule has 0 aromatic carbocycles. The lowest BCUT2D eigenvalue weighted by molar-refractivity contribution is -0.370. The summed E-state index contributed by atoms with van der Waals surface area (Å²) in [6, 6.07) is 0. The van der Waals surface area contributed by atoms with Crippen LogP contribution in [0.2, 0.25) is 0 Å². The predicted molar refractivity (Wildman–Crippen MR) is 35.7 cm³/mol. The van der Waals surface area contributed by atoms with E-state index in [0.717, 1.165) is 0 Å². The van der Waals surface area contributed by atoms with Gasteiger partial charge in [-0.15, -0.1) is 25.6 Å². The van der Waals surface area contributed by atoms with Crippen molar-refractivity contribution in [3.8, 4) is 0 Å². The van der Waals surface area contributed by atoms with Gasteiger partial charge in [-0.25, -0.2) is 0 Å². The summed E-state index contributed by atoms with van der Waals surface area (Å²) in [6.45, 7) is 1.97. The Kier molecular flexibility index (Phi) is 3.16. The lowest BCUT2D eigenvalue weighted by Crippen LogP contribution is -2.60. The molecule has 1 rings (SSSR count). The number of halogens is 4. The molecule has 0 aromatic heterocycles. The first-order valence-corrected chi connectivity index (χ1v) is 2.89. The Morgan fingerprint density at radius 2 is 1.82 bits per heavy atom. The van der Waals surface area contributed by atoms with E-state index in [1.165, 1.54) is 6.92 Å². The smallest absolute Gasteiger partial charge is 0.311 e. The van der Waals surface area contributed by atoms with Crippen LogP contribution in [0.1, 0.15) is 6.92 Å². The van der Waals surface area contributed by atoms with E-state index in [1.54, 1.807) is 0 Å². The zero-order valence-electron chi connectivity index (χ0n) is 5.86. The summed E-state index contributed by atoms with van der Waals surface area (Å²) in [4.78, 5) is 0. The molecule has 0 amide bonds. The van der Waals surface area contributed by atoms with Crippen LogP contribution in [-0.4, -0.2) is 25.1 Å². The summed E-state index contributed by atoms with van der Waals surface area (Å²) in [6.07, 6.45) is -4.50. The molecular weight excluding hydrogens is 183 g/mol. The number of alkyl halides is 3. The van der Waals surface area contributed by atoms with Crippen molar-refractivity contribution in [2.45, 2.75) is 18.9 Å². The van der Waals surface area contributed by atoms with Gasteiger partial charge in [0.25, 0.3) is 0 Å². The number of nitrogens with one attached hydrogen (secondary N) is 1. The minimum Gasteiger partial charge on any atom is -0.311 e. The quantitative estimate of drug-likeness (QED) is 0.675. The van der Waals surface area contributed by atoms with Crippen molar-refractivity contribution in [2.75, 3.05) is 13.1 Å². The molecule has 0 saturated carbocycles. The first-order chi connectivity index (χ1) is 4.41. The van der Waals surface area contributed by atoms with Crippen LogP contribution in [0.4, 0.5) is 13.2 Å². The summed E-state index contributed by atoms with van der Waals surface area (Å²) >= 11 is 0. The summed E-state index contributed by atoms with van der Waals surface area (Å²) in [7, 11) is 0. The van der Waals surface area contributed by atoms with Crippen LogP contribution in [0.15, 0.2) is 0 Å². The van der Waals surface area contributed by atoms with Gasteiger partial charge in [-0.3, -0.25) is 4.74 Å². The van der Waals surface area contributed by atoms with Crippen molar-refractivity contribution in [1.29, 1.82) is 0 Å². The molecule has 0 aromatic rings. The minimum atomic E-state index is -4.50. The van der Waals surface area contributed by atoms with Crippen LogP contribution in [-0.2, 0) is 4.74 Å². The lowest BCUT2D eigenvalue weighted by Gasteiger charge is -2.39. The first-order valence-electron chi connectivity index (χ1n) is 2.89. The number of rotatable bonds is 1. The molecule has 1 saturated heterocycles. The van der Waals surface area contributed by atoms with Crippen molar-refractivity contribution in [3.05, 3.63) is 0 Å². The molecule has 0 atom stereocenters. The molecule has 1 heterocycles. The van der Waals surface area contributed by atoms with Gasteiger partial charge in [0, 0.05) is 13.1 Å². The Hall–Kier alpha value is 0. The van der Waals surface area contributed by atoms with Gasteiger partial charge in [-0.1, -0.05) is 0 Å². The van der Waals surface area contributed by atoms with Gasteiger partial charge in [0.2, 0.25) is 0 Å². The SMILES string of the molecule is CC1(OC(F)(F)F)CNC1.Cl. The highest BCUT2D eigenvalue weighted by Crippen LogP contribution is 2.27. The fourth-order valence-electron chi connectivity index (χ4n) is 0.829. The third-order valence-corrected chi connectivity index (χ3v) is 1.36. The van der Waals surface area contributed by atoms with E-state index in [2.05, 4.69) is 10.1 Å². The molecule has 1 aliphatic heterocycles. The summed E-state index contributed by atoms with van der Waals surface area (Å²) < 4.78 is 38.4. The molecule has 1 N–H and O–H groups in total. The minimum absolute atomic E-state index is 0. The molecule has 0 unspecified atom stereocenters. The van der Waals surface area contributed by atoms with Gasteiger partial charge in [-0.05, 0) is 6.92 Å². The first kappa shape index (κ1) is 11.0. The van der Waals surface area contributed by atoms with Crippen LogP contribution in [0.25, 0.3) is 0 Å². The van der Waals surface area contributed by atoms with Gasteiger partial charge < -0.3 is 5.32 Å². The molecular formula is C5H9ClF3NO. The molecule has 0 spiro atoms. The molecule has 6 heteroatoms. The van der Waals surface area contributed by atoms with E-state index >= 15 is 0 Å². The van der Waals surface area contributed by atoms with E-state index in [-0.39, 0.29) is 25.5 Å². The maximum Gasteiger partial charge on any atom is 0.523 e. The lowest BCUT2D eigenvalue weighted by atomic mass is 10.0. The van der Waals surface area contributed by atoms with Gasteiger partial charge in [-0.2, -0.15) is 0 Å². The zero-order chi connectivity index (χ0) is 7.83. The highest BCUT2D eigenvalue weighted by atomic mass is 35.5. The van der Waals surface area contributed by atoms with E-state index in [0.29, 0.717) is 0 Å². The van der Waals surface area contributed by atoms with Crippen LogP contribution >= 0.6 is 12.4 Å². The highest BCUT2D eigenvalue weighted by Gasteiger charge is 2.44. The molecule has 0 aliphatic carbocycles. The number of hydrogen-bond acceptors (Lipinski definition) is 2. The Balaban J connectivity index is 0.000001000. The third-order valence-electron chi connectivity index (χ3n) is 1.36. The van der Waals surface area contributed by atoms with E-state index < -0.39 is 12.0 Å². The molecule has 11 heavy (non-hydrogen) atoms. The predicted octanol–water partition coefficient (Wildman–Crippen LogP) is 1.31. The molecule has 1 fully saturated rings. The third kappa shape index (κ3) is 3.27. The number of ether oxygens (including phenoxy) is 1. The average molecular weight is 192 g/mol. The van der Waals surface area contributed by atoms with Gasteiger partial charge in [0.05, 0.1) is 5.60 Å². The Bertz CT molecular complexity index is 134. The number of hydrogen-bond donors (Lipinski definition) is 1. The molecule has 0 radical (unpaired) electrons. The van der Waals surface area contributed by atoms with Crippen molar-refractivity contribution < 1.29 is 17.9 Å². The average Bonchev–Trinajstić information content (AvgIpc) is 1.57. The maximum absolute atomic E-state index is 11.5. The van der Waals surface area contributed by atoms with Crippen molar-refractivity contribution >= 4 is 12.4 Å². The standard InChI is InChI=1S/C5H8F3NO.ClH/c1-4(2-9-3-4)10-5(6,7)8;/h9H,2-3H2,1H3;1H. The van der Waals surface area contributed by atoms with Crippen molar-refractivity contribution in [3.63, 3.8) is 0 Å². The van der Waals surface area contributed by atoms with Crippen molar-refractivity contribution in [1.82, 2.24) is 5.32 Å². The molecule has 2 nitrogen and oxygen atoms in total. The van der Waals surface area contributed by atoms with Gasteiger partial charge >= 0.3 is 6.36 Å². The molecule has 0 bridgehead atoms.